The number of alkyl halides is 3. The summed E-state index contributed by atoms with van der Waals surface area (Å²) in [6, 6.07) is 3.59. The van der Waals surface area contributed by atoms with Crippen LogP contribution in [0, 0.1) is 11.2 Å². The van der Waals surface area contributed by atoms with Gasteiger partial charge in [0.1, 0.15) is 40.2 Å². The van der Waals surface area contributed by atoms with Gasteiger partial charge in [-0.3, -0.25) is 14.0 Å². The summed E-state index contributed by atoms with van der Waals surface area (Å²) in [4.78, 5) is 37.7. The van der Waals surface area contributed by atoms with E-state index in [1.54, 1.807) is 24.4 Å². The third-order valence-electron chi connectivity index (χ3n) is 7.83. The second kappa shape index (κ2) is 10.5. The van der Waals surface area contributed by atoms with Crippen LogP contribution >= 0.6 is 0 Å². The zero-order valence-electron chi connectivity index (χ0n) is 23.4. The number of aliphatic carboxylic acids is 1. The number of carboxylic acids is 1. The Kier molecular flexibility index (Phi) is 7.27. The molecule has 1 fully saturated rings. The second-order valence-electron chi connectivity index (χ2n) is 11.1. The number of nitrogens with two attached hydrogens (primary N) is 1. The molecule has 0 aliphatic heterocycles. The molecule has 0 radical (unpaired) electrons. The van der Waals surface area contributed by atoms with E-state index in [0.717, 1.165) is 18.3 Å². The number of hydrogen-bond acceptors (Lipinski definition) is 7. The molecular weight excluding hydrogens is 572 g/mol. The Hall–Kier alpha value is -4.75. The molecule has 4 aromatic rings. The first-order chi connectivity index (χ1) is 20.2. The number of nitrogens with zero attached hydrogens (tertiary/aromatic N) is 4. The molecular formula is C29H28F4N6O4. The average Bonchev–Trinajstić information content (AvgIpc) is 3.48. The van der Waals surface area contributed by atoms with E-state index < -0.39 is 40.3 Å². The summed E-state index contributed by atoms with van der Waals surface area (Å²) in [6.45, 7) is 5.30. The molecule has 4 N–H and O–H groups in total. The quantitative estimate of drug-likeness (QED) is 0.229. The number of pyridine rings is 1. The van der Waals surface area contributed by atoms with Gasteiger partial charge in [-0.25, -0.2) is 19.3 Å². The zero-order valence-corrected chi connectivity index (χ0v) is 23.4. The number of hydrogen-bond donors (Lipinski definition) is 3. The highest BCUT2D eigenvalue weighted by Crippen LogP contribution is 2.51. The number of rotatable bonds is 7. The molecule has 0 unspecified atom stereocenters. The lowest BCUT2D eigenvalue weighted by Crippen LogP contribution is -2.29. The van der Waals surface area contributed by atoms with Gasteiger partial charge in [-0.2, -0.15) is 13.2 Å². The molecule has 2 atom stereocenters. The van der Waals surface area contributed by atoms with E-state index in [2.05, 4.69) is 15.3 Å². The smallest absolute Gasteiger partial charge is 0.416 e. The molecule has 43 heavy (non-hydrogen) atoms. The van der Waals surface area contributed by atoms with Gasteiger partial charge in [0, 0.05) is 29.6 Å². The van der Waals surface area contributed by atoms with Gasteiger partial charge >= 0.3 is 12.1 Å². The van der Waals surface area contributed by atoms with E-state index in [4.69, 9.17) is 15.5 Å². The van der Waals surface area contributed by atoms with Crippen LogP contribution in [0.1, 0.15) is 61.8 Å². The summed E-state index contributed by atoms with van der Waals surface area (Å²) >= 11 is 0. The molecule has 1 aliphatic rings. The van der Waals surface area contributed by atoms with Crippen LogP contribution in [-0.4, -0.2) is 42.9 Å². The number of nitrogen functional groups attached to an aromatic ring is 1. The van der Waals surface area contributed by atoms with Crippen molar-refractivity contribution in [3.63, 3.8) is 0 Å². The van der Waals surface area contributed by atoms with Gasteiger partial charge in [-0.15, -0.1) is 0 Å². The Balaban J connectivity index is 1.60. The van der Waals surface area contributed by atoms with Crippen molar-refractivity contribution in [3.05, 3.63) is 65.6 Å². The molecule has 1 saturated carbocycles. The molecule has 10 nitrogen and oxygen atoms in total. The predicted molar refractivity (Wildman–Crippen MR) is 148 cm³/mol. The molecule has 1 aliphatic carbocycles. The molecule has 0 saturated heterocycles. The van der Waals surface area contributed by atoms with Gasteiger partial charge in [-0.1, -0.05) is 6.92 Å². The molecule has 0 spiro atoms. The Labute approximate surface area is 242 Å². The number of anilines is 2. The van der Waals surface area contributed by atoms with Crippen LogP contribution in [0.3, 0.4) is 0 Å². The molecule has 1 amide bonds. The van der Waals surface area contributed by atoms with Crippen molar-refractivity contribution in [2.75, 3.05) is 17.7 Å². The van der Waals surface area contributed by atoms with Crippen LogP contribution in [0.5, 0.6) is 5.75 Å². The normalized spacial score (nSPS) is 20.3. The molecule has 1 aromatic carbocycles. The number of carboxylic acid groups (broad SMARTS) is 1. The van der Waals surface area contributed by atoms with Crippen LogP contribution < -0.4 is 15.8 Å². The standard InChI is InChI=1S/C29H28F4N6O4/c1-4-43-18-12-15(24(40)37-19-13-16(5-8-35-19)29(31,32)33)11-17(30)20(18)21-22-23(34)36-9-10-39(22)25(38-21)27(2)6-7-28(3,14-27)26(41)42/h5,8-13H,4,6-7,14H2,1-3H3,(H2,34,36)(H,41,42)(H,35,37,40)/t27-,28-/m0/s1. The maximum Gasteiger partial charge on any atom is 0.416 e. The highest BCUT2D eigenvalue weighted by Gasteiger charge is 2.50. The van der Waals surface area contributed by atoms with Crippen LogP contribution in [0.25, 0.3) is 16.8 Å². The van der Waals surface area contributed by atoms with Crippen LogP contribution in [0.15, 0.2) is 42.9 Å². The number of imidazole rings is 1. The first kappa shape index (κ1) is 29.7. The fourth-order valence-corrected chi connectivity index (χ4v) is 5.70. The lowest BCUT2D eigenvalue weighted by Gasteiger charge is -2.25. The Morgan fingerprint density at radius 1 is 1.16 bits per heavy atom. The first-order valence-electron chi connectivity index (χ1n) is 13.3. The zero-order chi connectivity index (χ0) is 31.3. The Bertz CT molecular complexity index is 1760. The van der Waals surface area contributed by atoms with E-state index in [1.807, 2.05) is 6.92 Å². The van der Waals surface area contributed by atoms with Crippen molar-refractivity contribution in [2.24, 2.45) is 5.41 Å². The summed E-state index contributed by atoms with van der Waals surface area (Å²) in [5.74, 6) is -2.67. The van der Waals surface area contributed by atoms with Crippen molar-refractivity contribution in [3.8, 4) is 17.0 Å². The lowest BCUT2D eigenvalue weighted by atomic mass is 9.81. The van der Waals surface area contributed by atoms with E-state index >= 15 is 4.39 Å². The SMILES string of the molecule is CCOc1cc(C(=O)Nc2cc(C(F)(F)F)ccn2)cc(F)c1-c1nc([C@@]2(C)CC[C@](C)(C(=O)O)C2)n2ccnc(N)c12. The van der Waals surface area contributed by atoms with Gasteiger partial charge in [0.15, 0.2) is 0 Å². The van der Waals surface area contributed by atoms with Gasteiger partial charge < -0.3 is 20.9 Å². The maximum absolute atomic E-state index is 16.0. The van der Waals surface area contributed by atoms with Crippen molar-refractivity contribution in [1.82, 2.24) is 19.4 Å². The molecule has 3 aromatic heterocycles. The minimum absolute atomic E-state index is 0.0399. The fraction of sp³-hybridized carbons (Fsp3) is 0.345. The second-order valence-corrected chi connectivity index (χ2v) is 11.1. The lowest BCUT2D eigenvalue weighted by molar-refractivity contribution is -0.147. The predicted octanol–water partition coefficient (Wildman–Crippen LogP) is 5.71. The Morgan fingerprint density at radius 2 is 1.91 bits per heavy atom. The summed E-state index contributed by atoms with van der Waals surface area (Å²) < 4.78 is 62.7. The number of benzene rings is 1. The van der Waals surface area contributed by atoms with E-state index in [0.29, 0.717) is 24.7 Å². The molecule has 5 rings (SSSR count). The first-order valence-corrected chi connectivity index (χ1v) is 13.3. The van der Waals surface area contributed by atoms with E-state index in [-0.39, 0.29) is 52.8 Å². The van der Waals surface area contributed by atoms with E-state index in [9.17, 15) is 27.9 Å². The Morgan fingerprint density at radius 3 is 2.56 bits per heavy atom. The number of nitrogens with one attached hydrogen (secondary N) is 1. The highest BCUT2D eigenvalue weighted by atomic mass is 19.4. The maximum atomic E-state index is 16.0. The largest absolute Gasteiger partial charge is 0.493 e. The topological polar surface area (TPSA) is 145 Å². The van der Waals surface area contributed by atoms with Crippen molar-refractivity contribution < 1.29 is 37.0 Å². The van der Waals surface area contributed by atoms with Gasteiger partial charge in [0.2, 0.25) is 0 Å². The summed E-state index contributed by atoms with van der Waals surface area (Å²) in [6.07, 6.45) is 0.509. The summed E-state index contributed by atoms with van der Waals surface area (Å²) in [5, 5.41) is 12.1. The molecule has 226 valence electrons. The highest BCUT2D eigenvalue weighted by molar-refractivity contribution is 6.05. The number of fused-ring (bicyclic) bond motifs is 1. The number of aromatic nitrogens is 4. The summed E-state index contributed by atoms with van der Waals surface area (Å²) in [5.41, 5.74) is 3.56. The van der Waals surface area contributed by atoms with Crippen molar-refractivity contribution in [2.45, 2.75) is 51.6 Å². The third kappa shape index (κ3) is 5.32. The number of carbonyl (C=O) groups excluding carboxylic acids is 1. The average molecular weight is 601 g/mol. The number of amides is 1. The van der Waals surface area contributed by atoms with Crippen LogP contribution in [-0.2, 0) is 16.4 Å². The third-order valence-corrected chi connectivity index (χ3v) is 7.83. The van der Waals surface area contributed by atoms with Crippen LogP contribution in [0.2, 0.25) is 0 Å². The van der Waals surface area contributed by atoms with Crippen molar-refractivity contribution in [1.29, 1.82) is 0 Å². The molecule has 3 heterocycles. The van der Waals surface area contributed by atoms with Gasteiger partial charge in [-0.05, 0) is 57.4 Å². The van der Waals surface area contributed by atoms with Crippen LogP contribution in [0.4, 0.5) is 29.2 Å². The number of halogens is 4. The minimum Gasteiger partial charge on any atom is -0.493 e. The summed E-state index contributed by atoms with van der Waals surface area (Å²) in [7, 11) is 0. The van der Waals surface area contributed by atoms with Gasteiger partial charge in [0.25, 0.3) is 5.91 Å². The number of ether oxygens (including phenoxy) is 1. The monoisotopic (exact) mass is 600 g/mol. The number of carbonyl (C=O) groups is 2. The van der Waals surface area contributed by atoms with Crippen molar-refractivity contribution >= 4 is 29.0 Å². The molecule has 0 bridgehead atoms. The minimum atomic E-state index is -4.65. The van der Waals surface area contributed by atoms with Gasteiger partial charge in [0.05, 0.1) is 23.1 Å². The van der Waals surface area contributed by atoms with E-state index in [1.165, 1.54) is 12.3 Å². The molecule has 14 heteroatoms. The fourth-order valence-electron chi connectivity index (χ4n) is 5.70.